The van der Waals surface area contributed by atoms with Crippen molar-refractivity contribution in [2.24, 2.45) is 5.18 Å². The molecule has 0 aromatic carbocycles. The normalized spacial score (nSPS) is 28.5. The van der Waals surface area contributed by atoms with Gasteiger partial charge in [-0.1, -0.05) is 63.1 Å². The summed E-state index contributed by atoms with van der Waals surface area (Å²) in [7, 11) is 1.77. The van der Waals surface area contributed by atoms with Gasteiger partial charge in [-0.15, -0.1) is 0 Å². The standard InChI is InChI=1S/C20H38N2O5/c1-4-6-7-8-9-10-11-12-14-25-19-17(22-24)16(15-23)27-20(18(19)21-3)26-13-5-2/h5,13,16-21,23H,4,6-12,14-15H2,1-3H3/b13-5-. The van der Waals surface area contributed by atoms with Crippen molar-refractivity contribution in [2.75, 3.05) is 20.3 Å². The van der Waals surface area contributed by atoms with Crippen LogP contribution in [0, 0.1) is 4.91 Å². The number of rotatable bonds is 15. The van der Waals surface area contributed by atoms with Crippen molar-refractivity contribution in [3.05, 3.63) is 17.2 Å². The Kier molecular flexibility index (Phi) is 13.3. The summed E-state index contributed by atoms with van der Waals surface area (Å²) in [5, 5.41) is 15.9. The smallest absolute Gasteiger partial charge is 0.217 e. The van der Waals surface area contributed by atoms with Crippen LogP contribution in [0.2, 0.25) is 0 Å². The van der Waals surface area contributed by atoms with E-state index in [1.165, 1.54) is 44.8 Å². The Hall–Kier alpha value is -1.02. The molecule has 2 N–H and O–H groups in total. The van der Waals surface area contributed by atoms with Crippen LogP contribution in [-0.4, -0.2) is 55.9 Å². The van der Waals surface area contributed by atoms with E-state index in [0.29, 0.717) is 6.61 Å². The van der Waals surface area contributed by atoms with Crippen LogP contribution in [0.5, 0.6) is 0 Å². The predicted molar refractivity (Wildman–Crippen MR) is 106 cm³/mol. The summed E-state index contributed by atoms with van der Waals surface area (Å²) in [6.07, 6.45) is 11.1. The highest BCUT2D eigenvalue weighted by Gasteiger charge is 2.47. The maximum absolute atomic E-state index is 11.4. The summed E-state index contributed by atoms with van der Waals surface area (Å²) >= 11 is 0. The van der Waals surface area contributed by atoms with Crippen LogP contribution in [0.15, 0.2) is 17.5 Å². The number of ether oxygens (including phenoxy) is 3. The molecule has 1 saturated heterocycles. The van der Waals surface area contributed by atoms with E-state index >= 15 is 0 Å². The molecule has 0 radical (unpaired) electrons. The number of hydrogen-bond acceptors (Lipinski definition) is 7. The van der Waals surface area contributed by atoms with Gasteiger partial charge in [0.15, 0.2) is 0 Å². The van der Waals surface area contributed by atoms with Gasteiger partial charge in [0, 0.05) is 6.61 Å². The maximum atomic E-state index is 11.4. The number of hydrogen-bond donors (Lipinski definition) is 2. The first-order chi connectivity index (χ1) is 13.2. The zero-order valence-corrected chi connectivity index (χ0v) is 17.1. The van der Waals surface area contributed by atoms with Crippen molar-refractivity contribution in [3.8, 4) is 0 Å². The van der Waals surface area contributed by atoms with Gasteiger partial charge in [0.05, 0.1) is 18.9 Å². The number of nitrogens with zero attached hydrogens (tertiary/aromatic N) is 1. The molecule has 0 aliphatic carbocycles. The summed E-state index contributed by atoms with van der Waals surface area (Å²) in [5.74, 6) is 0. The van der Waals surface area contributed by atoms with E-state index in [2.05, 4.69) is 17.4 Å². The first kappa shape index (κ1) is 24.0. The Balaban J connectivity index is 2.49. The van der Waals surface area contributed by atoms with Gasteiger partial charge in [-0.05, 0) is 20.4 Å². The number of unbranched alkanes of at least 4 members (excludes halogenated alkanes) is 7. The Bertz CT molecular complexity index is 408. The van der Waals surface area contributed by atoms with Crippen LogP contribution in [0.3, 0.4) is 0 Å². The molecule has 1 heterocycles. The summed E-state index contributed by atoms with van der Waals surface area (Å²) in [4.78, 5) is 11.4. The fraction of sp³-hybridized carbons (Fsp3) is 0.900. The lowest BCUT2D eigenvalue weighted by molar-refractivity contribution is -0.231. The Morgan fingerprint density at radius 3 is 2.37 bits per heavy atom. The molecule has 0 saturated carbocycles. The molecule has 5 atom stereocenters. The minimum atomic E-state index is -0.771. The average Bonchev–Trinajstić information content (AvgIpc) is 2.70. The fourth-order valence-corrected chi connectivity index (χ4v) is 3.43. The molecule has 0 spiro atoms. The number of nitroso groups, excluding NO2 is 1. The van der Waals surface area contributed by atoms with Crippen LogP contribution < -0.4 is 5.32 Å². The van der Waals surface area contributed by atoms with E-state index in [-0.39, 0.29) is 12.6 Å². The van der Waals surface area contributed by atoms with Gasteiger partial charge in [0.1, 0.15) is 18.2 Å². The molecule has 7 heteroatoms. The molecular formula is C20H38N2O5. The summed E-state index contributed by atoms with van der Waals surface area (Å²) in [6, 6.07) is -1.12. The number of allylic oxidation sites excluding steroid dienone is 1. The van der Waals surface area contributed by atoms with Crippen molar-refractivity contribution in [1.82, 2.24) is 5.32 Å². The molecule has 1 aliphatic heterocycles. The molecular weight excluding hydrogens is 348 g/mol. The monoisotopic (exact) mass is 386 g/mol. The summed E-state index contributed by atoms with van der Waals surface area (Å²) < 4.78 is 17.3. The average molecular weight is 387 g/mol. The predicted octanol–water partition coefficient (Wildman–Crippen LogP) is 3.50. The molecule has 27 heavy (non-hydrogen) atoms. The Morgan fingerprint density at radius 2 is 1.81 bits per heavy atom. The maximum Gasteiger partial charge on any atom is 0.217 e. The second-order valence-corrected chi connectivity index (χ2v) is 7.05. The zero-order chi connectivity index (χ0) is 19.9. The highest BCUT2D eigenvalue weighted by atomic mass is 16.7. The lowest BCUT2D eigenvalue weighted by atomic mass is 9.95. The lowest BCUT2D eigenvalue weighted by Gasteiger charge is -2.42. The third kappa shape index (κ3) is 8.25. The van der Waals surface area contributed by atoms with Crippen molar-refractivity contribution in [3.63, 3.8) is 0 Å². The Labute approximate surface area is 163 Å². The van der Waals surface area contributed by atoms with Gasteiger partial charge in [0.2, 0.25) is 6.29 Å². The van der Waals surface area contributed by atoms with Gasteiger partial charge in [0.25, 0.3) is 0 Å². The highest BCUT2D eigenvalue weighted by Crippen LogP contribution is 2.27. The van der Waals surface area contributed by atoms with Crippen molar-refractivity contribution >= 4 is 0 Å². The van der Waals surface area contributed by atoms with Gasteiger partial charge < -0.3 is 24.6 Å². The first-order valence-electron chi connectivity index (χ1n) is 10.4. The second-order valence-electron chi connectivity index (χ2n) is 7.05. The topological polar surface area (TPSA) is 89.4 Å². The van der Waals surface area contributed by atoms with Gasteiger partial charge in [-0.2, -0.15) is 4.91 Å². The van der Waals surface area contributed by atoms with E-state index in [4.69, 9.17) is 14.2 Å². The van der Waals surface area contributed by atoms with Crippen molar-refractivity contribution in [2.45, 2.75) is 95.8 Å². The number of aliphatic hydroxyl groups excluding tert-OH is 1. The van der Waals surface area contributed by atoms with Gasteiger partial charge >= 0.3 is 0 Å². The van der Waals surface area contributed by atoms with Crippen LogP contribution >= 0.6 is 0 Å². The minimum Gasteiger partial charge on any atom is -0.471 e. The number of likely N-dealkylation sites (N-methyl/N-ethyl adjacent to an activating group) is 1. The summed E-state index contributed by atoms with van der Waals surface area (Å²) in [6.45, 7) is 4.31. The number of nitrogens with one attached hydrogen (secondary N) is 1. The summed E-state index contributed by atoms with van der Waals surface area (Å²) in [5.41, 5.74) is 0. The van der Waals surface area contributed by atoms with E-state index < -0.39 is 24.5 Å². The fourth-order valence-electron chi connectivity index (χ4n) is 3.43. The first-order valence-corrected chi connectivity index (χ1v) is 10.4. The molecule has 0 aromatic heterocycles. The van der Waals surface area contributed by atoms with Gasteiger partial charge in [-0.25, -0.2) is 0 Å². The molecule has 1 fully saturated rings. The second kappa shape index (κ2) is 15.0. The van der Waals surface area contributed by atoms with E-state index in [1.807, 2.05) is 6.92 Å². The molecule has 1 rings (SSSR count). The third-order valence-corrected chi connectivity index (χ3v) is 4.97. The molecule has 7 nitrogen and oxygen atoms in total. The lowest BCUT2D eigenvalue weighted by Crippen LogP contribution is -2.63. The van der Waals surface area contributed by atoms with E-state index in [1.54, 1.807) is 13.1 Å². The molecule has 1 aliphatic rings. The number of aliphatic hydroxyl groups is 1. The van der Waals surface area contributed by atoms with Crippen LogP contribution in [0.1, 0.15) is 65.2 Å². The quantitative estimate of drug-likeness (QED) is 0.254. The molecule has 158 valence electrons. The molecule has 0 amide bonds. The SMILES string of the molecule is C/C=C\OC1OC(CO)C(N=O)C(OCCCCCCCCCC)C1NC. The molecule has 5 unspecified atom stereocenters. The largest absolute Gasteiger partial charge is 0.471 e. The molecule has 0 aromatic rings. The van der Waals surface area contributed by atoms with Crippen molar-refractivity contribution in [1.29, 1.82) is 0 Å². The van der Waals surface area contributed by atoms with E-state index in [0.717, 1.165) is 12.8 Å². The zero-order valence-electron chi connectivity index (χ0n) is 17.1. The van der Waals surface area contributed by atoms with E-state index in [9.17, 15) is 10.0 Å². The van der Waals surface area contributed by atoms with Crippen LogP contribution in [0.4, 0.5) is 0 Å². The molecule has 0 bridgehead atoms. The third-order valence-electron chi connectivity index (χ3n) is 4.97. The minimum absolute atomic E-state index is 0.305. The van der Waals surface area contributed by atoms with Crippen LogP contribution in [-0.2, 0) is 14.2 Å². The van der Waals surface area contributed by atoms with Crippen molar-refractivity contribution < 1.29 is 19.3 Å². The van der Waals surface area contributed by atoms with Crippen LogP contribution in [0.25, 0.3) is 0 Å². The Morgan fingerprint density at radius 1 is 1.15 bits per heavy atom. The highest BCUT2D eigenvalue weighted by molar-refractivity contribution is 4.98. The van der Waals surface area contributed by atoms with Gasteiger partial charge in [-0.3, -0.25) is 0 Å².